The zero-order chi connectivity index (χ0) is 38.3. The first-order chi connectivity index (χ1) is 25.4. The summed E-state index contributed by atoms with van der Waals surface area (Å²) in [5.41, 5.74) is 2.49. The van der Waals surface area contributed by atoms with E-state index in [0.717, 1.165) is 49.6 Å². The van der Waals surface area contributed by atoms with Crippen LogP contribution in [0, 0.1) is 24.5 Å². The van der Waals surface area contributed by atoms with Crippen LogP contribution in [0.15, 0.2) is 48.9 Å². The Hall–Kier alpha value is -4.65. The van der Waals surface area contributed by atoms with Crippen LogP contribution in [0.4, 0.5) is 8.78 Å². The molecule has 1 aromatic heterocycles. The first-order valence-corrected chi connectivity index (χ1v) is 18.8. The maximum absolute atomic E-state index is 14.1. The van der Waals surface area contributed by atoms with Gasteiger partial charge >= 0.3 is 0 Å². The van der Waals surface area contributed by atoms with Gasteiger partial charge in [0.15, 0.2) is 0 Å². The van der Waals surface area contributed by atoms with Crippen molar-refractivity contribution in [1.82, 2.24) is 30.4 Å². The van der Waals surface area contributed by atoms with Gasteiger partial charge in [-0.1, -0.05) is 13.8 Å². The second kappa shape index (κ2) is 20.6. The van der Waals surface area contributed by atoms with Crippen LogP contribution in [0.5, 0.6) is 0 Å². The summed E-state index contributed by atoms with van der Waals surface area (Å²) in [4.78, 5) is 62.9. The Morgan fingerprint density at radius 1 is 0.981 bits per heavy atom. The number of carbonyl (C=O) groups is 4. The fourth-order valence-electron chi connectivity index (χ4n) is 6.87. The molecular weight excluding hydrogens is 682 g/mol. The van der Waals surface area contributed by atoms with E-state index in [-0.39, 0.29) is 48.2 Å². The van der Waals surface area contributed by atoms with Gasteiger partial charge in [-0.25, -0.2) is 13.8 Å². The lowest BCUT2D eigenvalue weighted by molar-refractivity contribution is -0.132. The van der Waals surface area contributed by atoms with Crippen LogP contribution >= 0.6 is 0 Å². The number of halogens is 2. The predicted molar refractivity (Wildman–Crippen MR) is 198 cm³/mol. The van der Waals surface area contributed by atoms with E-state index in [4.69, 9.17) is 0 Å². The fraction of sp³-hybridized carbons (Fsp3) is 0.525. The van der Waals surface area contributed by atoms with Gasteiger partial charge in [0.05, 0.1) is 18.5 Å². The molecule has 0 aliphatic carbocycles. The number of aliphatic hydroxyl groups excluding tert-OH is 1. The molecule has 1 saturated heterocycles. The van der Waals surface area contributed by atoms with Crippen molar-refractivity contribution in [2.24, 2.45) is 5.92 Å². The number of nitrogens with zero attached hydrogens (tertiary/aromatic N) is 3. The average Bonchev–Trinajstić information content (AvgIpc) is 3.66. The maximum Gasteiger partial charge on any atom is 0.253 e. The topological polar surface area (TPSA) is 148 Å². The zero-order valence-electron chi connectivity index (χ0n) is 31.1. The van der Waals surface area contributed by atoms with Crippen molar-refractivity contribution in [2.45, 2.75) is 97.1 Å². The normalized spacial score (nSPS) is 14.4. The molecule has 2 aromatic carbocycles. The number of aromatic nitrogens is 2. The van der Waals surface area contributed by atoms with Gasteiger partial charge < -0.3 is 30.5 Å². The monoisotopic (exact) mass is 736 g/mol. The molecule has 4 rings (SSSR count). The standard InChI is InChI=1S/C40H54F2N6O5/c1-4-14-48(15-5-2)40(53)31-19-27(3)18-30(23-31)39(52)46-35(22-29-20-32(41)24-33(42)21-29)36(49)10-13-44-37(50)8-6-28-11-16-47(17-12-28)38(51)9-7-34-25-43-26-45-34/h18-21,23-26,28,35-36,49H,4-17,22H2,1-3H3,(H,43,45)(H,44,50)(H,46,52)/t35-,36-/m0/s1. The van der Waals surface area contributed by atoms with E-state index in [2.05, 4.69) is 20.6 Å². The van der Waals surface area contributed by atoms with Crippen LogP contribution < -0.4 is 10.6 Å². The van der Waals surface area contributed by atoms with Crippen LogP contribution in [-0.2, 0) is 22.4 Å². The summed E-state index contributed by atoms with van der Waals surface area (Å²) in [6.45, 7) is 8.42. The van der Waals surface area contributed by atoms with E-state index < -0.39 is 29.7 Å². The number of benzene rings is 2. The highest BCUT2D eigenvalue weighted by Gasteiger charge is 2.26. The van der Waals surface area contributed by atoms with E-state index in [0.29, 0.717) is 68.9 Å². The number of piperidine rings is 1. The van der Waals surface area contributed by atoms with Crippen LogP contribution in [0.3, 0.4) is 0 Å². The highest BCUT2D eigenvalue weighted by molar-refractivity contribution is 6.00. The number of aromatic amines is 1. The second-order valence-electron chi connectivity index (χ2n) is 14.1. The van der Waals surface area contributed by atoms with Gasteiger partial charge in [-0.2, -0.15) is 0 Å². The number of H-pyrrole nitrogens is 1. The van der Waals surface area contributed by atoms with Gasteiger partial charge in [-0.15, -0.1) is 0 Å². The molecule has 4 N–H and O–H groups in total. The summed E-state index contributed by atoms with van der Waals surface area (Å²) in [6, 6.07) is 7.00. The van der Waals surface area contributed by atoms with Crippen molar-refractivity contribution >= 4 is 23.6 Å². The summed E-state index contributed by atoms with van der Waals surface area (Å²) in [6.07, 6.45) is 7.44. The number of carbonyl (C=O) groups excluding carboxylic acids is 4. The molecule has 11 nitrogen and oxygen atoms in total. The van der Waals surface area contributed by atoms with Crippen molar-refractivity contribution in [3.8, 4) is 0 Å². The van der Waals surface area contributed by atoms with Gasteiger partial charge in [-0.3, -0.25) is 19.2 Å². The Bertz CT molecular complexity index is 1630. The summed E-state index contributed by atoms with van der Waals surface area (Å²) in [7, 11) is 0. The molecule has 13 heteroatoms. The van der Waals surface area contributed by atoms with Crippen molar-refractivity contribution in [3.05, 3.63) is 88.5 Å². The lowest BCUT2D eigenvalue weighted by atomic mass is 9.92. The van der Waals surface area contributed by atoms with Crippen molar-refractivity contribution < 1.29 is 33.1 Å². The quantitative estimate of drug-likeness (QED) is 0.134. The van der Waals surface area contributed by atoms with E-state index in [1.54, 1.807) is 36.5 Å². The number of likely N-dealkylation sites (tertiary alicyclic amines) is 1. The van der Waals surface area contributed by atoms with Crippen molar-refractivity contribution in [2.75, 3.05) is 32.7 Å². The maximum atomic E-state index is 14.1. The van der Waals surface area contributed by atoms with Gasteiger partial charge in [0.2, 0.25) is 11.8 Å². The molecular formula is C40H54F2N6O5. The molecule has 288 valence electrons. The van der Waals surface area contributed by atoms with E-state index in [1.165, 1.54) is 6.07 Å². The number of hydrogen-bond donors (Lipinski definition) is 4. The largest absolute Gasteiger partial charge is 0.391 e. The third-order valence-electron chi connectivity index (χ3n) is 9.69. The summed E-state index contributed by atoms with van der Waals surface area (Å²) in [5, 5.41) is 16.9. The highest BCUT2D eigenvalue weighted by Crippen LogP contribution is 2.23. The van der Waals surface area contributed by atoms with Crippen molar-refractivity contribution in [3.63, 3.8) is 0 Å². The first-order valence-electron chi connectivity index (χ1n) is 18.8. The summed E-state index contributed by atoms with van der Waals surface area (Å²) in [5.74, 6) is -2.00. The van der Waals surface area contributed by atoms with Gasteiger partial charge in [0, 0.05) is 74.6 Å². The summed E-state index contributed by atoms with van der Waals surface area (Å²) < 4.78 is 28.2. The molecule has 3 aromatic rings. The minimum atomic E-state index is -1.17. The summed E-state index contributed by atoms with van der Waals surface area (Å²) >= 11 is 0. The lowest BCUT2D eigenvalue weighted by Crippen LogP contribution is -2.46. The molecule has 0 saturated carbocycles. The highest BCUT2D eigenvalue weighted by atomic mass is 19.1. The Balaban J connectivity index is 1.30. The molecule has 4 amide bonds. The Kier molecular flexibility index (Phi) is 15.9. The second-order valence-corrected chi connectivity index (χ2v) is 14.1. The Morgan fingerprint density at radius 3 is 2.30 bits per heavy atom. The molecule has 0 radical (unpaired) electrons. The first kappa shape index (κ1) is 41.1. The number of aryl methyl sites for hydroxylation is 2. The third-order valence-corrected chi connectivity index (χ3v) is 9.69. The minimum absolute atomic E-state index is 0.0711. The Morgan fingerprint density at radius 2 is 1.66 bits per heavy atom. The number of imidazole rings is 1. The van der Waals surface area contributed by atoms with Gasteiger partial charge in [-0.05, 0) is 106 Å². The lowest BCUT2D eigenvalue weighted by Gasteiger charge is -2.32. The number of aliphatic hydroxyl groups is 1. The molecule has 1 aliphatic heterocycles. The SMILES string of the molecule is CCCN(CCC)C(=O)c1cc(C)cc(C(=O)N[C@@H](Cc2cc(F)cc(F)c2)[C@@H](O)CCNC(=O)CCC2CCN(C(=O)CCc3cnc[nH]3)CC2)c1. The van der Waals surface area contributed by atoms with Gasteiger partial charge in [0.25, 0.3) is 11.8 Å². The van der Waals surface area contributed by atoms with Crippen LogP contribution in [0.2, 0.25) is 0 Å². The molecule has 1 aliphatic rings. The number of hydrogen-bond acceptors (Lipinski definition) is 6. The smallest absolute Gasteiger partial charge is 0.253 e. The van der Waals surface area contributed by atoms with E-state index in [1.807, 2.05) is 18.7 Å². The molecule has 2 heterocycles. The number of nitrogens with one attached hydrogen (secondary N) is 3. The van der Waals surface area contributed by atoms with Crippen molar-refractivity contribution in [1.29, 1.82) is 0 Å². The van der Waals surface area contributed by atoms with E-state index in [9.17, 15) is 33.1 Å². The van der Waals surface area contributed by atoms with Crippen LogP contribution in [0.1, 0.15) is 103 Å². The number of amides is 4. The number of rotatable bonds is 19. The van der Waals surface area contributed by atoms with Crippen LogP contribution in [0.25, 0.3) is 0 Å². The fourth-order valence-corrected chi connectivity index (χ4v) is 6.87. The molecule has 0 bridgehead atoms. The molecule has 0 spiro atoms. The molecule has 1 fully saturated rings. The molecule has 0 unspecified atom stereocenters. The van der Waals surface area contributed by atoms with Gasteiger partial charge in [0.1, 0.15) is 11.6 Å². The zero-order valence-corrected chi connectivity index (χ0v) is 31.1. The van der Waals surface area contributed by atoms with E-state index >= 15 is 0 Å². The minimum Gasteiger partial charge on any atom is -0.391 e. The third kappa shape index (κ3) is 13.1. The molecule has 2 atom stereocenters. The van der Waals surface area contributed by atoms with Crippen LogP contribution in [-0.4, -0.2) is 93.4 Å². The predicted octanol–water partition coefficient (Wildman–Crippen LogP) is 5.12. The Labute approximate surface area is 310 Å². The average molecular weight is 737 g/mol. The molecule has 53 heavy (non-hydrogen) atoms.